The quantitative estimate of drug-likeness (QED) is 0.546. The van der Waals surface area contributed by atoms with Crippen LogP contribution in [0.2, 0.25) is 0 Å². The van der Waals surface area contributed by atoms with Gasteiger partial charge in [-0.2, -0.15) is 0 Å². The van der Waals surface area contributed by atoms with Crippen LogP contribution in [0.25, 0.3) is 0 Å². The van der Waals surface area contributed by atoms with Gasteiger partial charge in [-0.3, -0.25) is 0 Å². The molecule has 0 bridgehead atoms. The van der Waals surface area contributed by atoms with Crippen LogP contribution in [-0.4, -0.2) is 0 Å². The maximum Gasteiger partial charge on any atom is -0.0101 e. The van der Waals surface area contributed by atoms with E-state index in [-0.39, 0.29) is 0 Å². The molecule has 1 aromatic carbocycles. The number of hydrogen-bond donors (Lipinski definition) is 0. The summed E-state index contributed by atoms with van der Waals surface area (Å²) in [4.78, 5) is 0. The fourth-order valence-electron chi connectivity index (χ4n) is 2.25. The van der Waals surface area contributed by atoms with Crippen LogP contribution in [0.1, 0.15) is 37.8 Å². The molecule has 0 aromatic heterocycles. The van der Waals surface area contributed by atoms with Crippen molar-refractivity contribution in [1.82, 2.24) is 0 Å². The highest BCUT2D eigenvalue weighted by Crippen LogP contribution is 2.36. The lowest BCUT2D eigenvalue weighted by atomic mass is 9.73. The van der Waals surface area contributed by atoms with E-state index in [0.29, 0.717) is 5.41 Å². The molecule has 0 aliphatic heterocycles. The molecule has 0 saturated heterocycles. The Balaban J connectivity index is 2.52. The molecule has 1 aromatic rings. The van der Waals surface area contributed by atoms with Crippen LogP contribution in [-0.2, 0) is 11.8 Å². The molecule has 0 saturated carbocycles. The molecule has 0 radical (unpaired) electrons. The molecule has 0 heterocycles. The van der Waals surface area contributed by atoms with Gasteiger partial charge in [-0.1, -0.05) is 38.1 Å². The summed E-state index contributed by atoms with van der Waals surface area (Å²) in [5, 5.41) is 0. The first-order valence-electron chi connectivity index (χ1n) is 4.78. The minimum absolute atomic E-state index is 0.412. The predicted octanol–water partition coefficient (Wildman–Crippen LogP) is 3.30. The maximum atomic E-state index is 2.35. The van der Waals surface area contributed by atoms with Crippen molar-refractivity contribution in [3.8, 4) is 0 Å². The number of benzene rings is 1. The van der Waals surface area contributed by atoms with Crippen LogP contribution in [0.5, 0.6) is 0 Å². The second-order valence-electron chi connectivity index (χ2n) is 4.39. The SMILES string of the molecule is CC1(C)CCCc2ccccc21. The van der Waals surface area contributed by atoms with Gasteiger partial charge in [0.05, 0.1) is 0 Å². The molecule has 0 N–H and O–H groups in total. The summed E-state index contributed by atoms with van der Waals surface area (Å²) in [6.45, 7) is 4.70. The third-order valence-corrected chi connectivity index (χ3v) is 2.99. The molecule has 1 aliphatic rings. The normalized spacial score (nSPS) is 20.2. The van der Waals surface area contributed by atoms with E-state index in [1.165, 1.54) is 19.3 Å². The summed E-state index contributed by atoms with van der Waals surface area (Å²) in [5.74, 6) is 0. The van der Waals surface area contributed by atoms with Crippen molar-refractivity contribution in [2.45, 2.75) is 38.5 Å². The molecule has 0 heteroatoms. The smallest absolute Gasteiger partial charge is 0.0101 e. The predicted molar refractivity (Wildman–Crippen MR) is 52.4 cm³/mol. The summed E-state index contributed by atoms with van der Waals surface area (Å²) in [5.41, 5.74) is 3.54. The largest absolute Gasteiger partial charge is 0.0620 e. The molecular weight excluding hydrogens is 144 g/mol. The van der Waals surface area contributed by atoms with E-state index in [4.69, 9.17) is 0 Å². The van der Waals surface area contributed by atoms with Crippen molar-refractivity contribution in [3.05, 3.63) is 35.4 Å². The first-order chi connectivity index (χ1) is 5.70. The van der Waals surface area contributed by atoms with Crippen LogP contribution < -0.4 is 0 Å². The van der Waals surface area contributed by atoms with Gasteiger partial charge in [-0.15, -0.1) is 0 Å². The minimum Gasteiger partial charge on any atom is -0.0620 e. The molecule has 12 heavy (non-hydrogen) atoms. The summed E-state index contributed by atoms with van der Waals surface area (Å²) in [7, 11) is 0. The molecule has 0 fully saturated rings. The van der Waals surface area contributed by atoms with Gasteiger partial charge < -0.3 is 0 Å². The van der Waals surface area contributed by atoms with Crippen LogP contribution in [0.3, 0.4) is 0 Å². The lowest BCUT2D eigenvalue weighted by Crippen LogP contribution is -2.23. The van der Waals surface area contributed by atoms with Gasteiger partial charge in [-0.05, 0) is 35.8 Å². The van der Waals surface area contributed by atoms with Crippen LogP contribution in [0.15, 0.2) is 24.3 Å². The van der Waals surface area contributed by atoms with E-state index in [9.17, 15) is 0 Å². The maximum absolute atomic E-state index is 2.35. The third kappa shape index (κ3) is 1.16. The lowest BCUT2D eigenvalue weighted by molar-refractivity contribution is 0.432. The zero-order valence-electron chi connectivity index (χ0n) is 7.93. The molecule has 0 spiro atoms. The lowest BCUT2D eigenvalue weighted by Gasteiger charge is -2.32. The molecule has 0 unspecified atom stereocenters. The Morgan fingerprint density at radius 3 is 2.67 bits per heavy atom. The zero-order chi connectivity index (χ0) is 8.60. The van der Waals surface area contributed by atoms with E-state index in [2.05, 4.69) is 38.1 Å². The van der Waals surface area contributed by atoms with Crippen molar-refractivity contribution < 1.29 is 0 Å². The van der Waals surface area contributed by atoms with Crippen molar-refractivity contribution in [2.24, 2.45) is 0 Å². The van der Waals surface area contributed by atoms with Gasteiger partial charge >= 0.3 is 0 Å². The Morgan fingerprint density at radius 1 is 1.17 bits per heavy atom. The first kappa shape index (κ1) is 7.85. The van der Waals surface area contributed by atoms with Gasteiger partial charge in [0.25, 0.3) is 0 Å². The van der Waals surface area contributed by atoms with E-state index >= 15 is 0 Å². The van der Waals surface area contributed by atoms with Gasteiger partial charge in [0.2, 0.25) is 0 Å². The Kier molecular flexibility index (Phi) is 1.71. The van der Waals surface area contributed by atoms with Crippen molar-refractivity contribution >= 4 is 0 Å². The second-order valence-corrected chi connectivity index (χ2v) is 4.39. The highest BCUT2D eigenvalue weighted by molar-refractivity contribution is 5.35. The summed E-state index contributed by atoms with van der Waals surface area (Å²) in [6.07, 6.45) is 3.97. The first-order valence-corrected chi connectivity index (χ1v) is 4.78. The molecule has 0 atom stereocenters. The van der Waals surface area contributed by atoms with Gasteiger partial charge in [-0.25, -0.2) is 0 Å². The number of rotatable bonds is 0. The number of hydrogen-bond acceptors (Lipinski definition) is 0. The zero-order valence-corrected chi connectivity index (χ0v) is 7.93. The summed E-state index contributed by atoms with van der Waals surface area (Å²) in [6, 6.07) is 8.87. The second kappa shape index (κ2) is 2.62. The topological polar surface area (TPSA) is 0 Å². The van der Waals surface area contributed by atoms with Gasteiger partial charge in [0.1, 0.15) is 0 Å². The highest BCUT2D eigenvalue weighted by Gasteiger charge is 2.26. The Hall–Kier alpha value is -0.780. The van der Waals surface area contributed by atoms with Crippen molar-refractivity contribution in [2.75, 3.05) is 0 Å². The Morgan fingerprint density at radius 2 is 1.92 bits per heavy atom. The van der Waals surface area contributed by atoms with E-state index in [1.54, 1.807) is 11.1 Å². The minimum atomic E-state index is 0.412. The summed E-state index contributed by atoms with van der Waals surface area (Å²) >= 11 is 0. The van der Waals surface area contributed by atoms with E-state index in [1.807, 2.05) is 0 Å². The molecule has 0 nitrogen and oxygen atoms in total. The van der Waals surface area contributed by atoms with Crippen LogP contribution >= 0.6 is 0 Å². The third-order valence-electron chi connectivity index (χ3n) is 2.99. The summed E-state index contributed by atoms with van der Waals surface area (Å²) < 4.78 is 0. The molecule has 2 rings (SSSR count). The van der Waals surface area contributed by atoms with E-state index < -0.39 is 0 Å². The fraction of sp³-hybridized carbons (Fsp3) is 0.500. The Bertz CT molecular complexity index is 284. The number of fused-ring (bicyclic) bond motifs is 1. The average molecular weight is 160 g/mol. The van der Waals surface area contributed by atoms with Crippen molar-refractivity contribution in [1.29, 1.82) is 0 Å². The average Bonchev–Trinajstić information content (AvgIpc) is 2.04. The van der Waals surface area contributed by atoms with Crippen LogP contribution in [0, 0.1) is 0 Å². The van der Waals surface area contributed by atoms with Gasteiger partial charge in [0.15, 0.2) is 0 Å². The van der Waals surface area contributed by atoms with Crippen molar-refractivity contribution in [3.63, 3.8) is 0 Å². The monoisotopic (exact) mass is 160 g/mol. The Labute approximate surface area is 74.6 Å². The standard InChI is InChI=1S/C12H16/c1-12(2)9-5-7-10-6-3-4-8-11(10)12/h3-4,6,8H,5,7,9H2,1-2H3. The molecule has 64 valence electrons. The van der Waals surface area contributed by atoms with E-state index in [0.717, 1.165) is 0 Å². The molecule has 0 amide bonds. The highest BCUT2D eigenvalue weighted by atomic mass is 14.3. The molecule has 1 aliphatic carbocycles. The van der Waals surface area contributed by atoms with Crippen LogP contribution in [0.4, 0.5) is 0 Å². The fourth-order valence-corrected chi connectivity index (χ4v) is 2.25. The molecular formula is C12H16. The number of aryl methyl sites for hydroxylation is 1. The van der Waals surface area contributed by atoms with Gasteiger partial charge in [0, 0.05) is 0 Å².